The molecule has 1 aromatic carbocycles. The molecule has 3 N–H and O–H groups in total. The molecule has 0 bridgehead atoms. The summed E-state index contributed by atoms with van der Waals surface area (Å²) in [4.78, 5) is 16.2. The molecule has 0 fully saturated rings. The molecule has 1 heterocycles. The molecule has 0 aliphatic carbocycles. The van der Waals surface area contributed by atoms with E-state index >= 15 is 0 Å². The molecule has 0 saturated carbocycles. The van der Waals surface area contributed by atoms with Crippen molar-refractivity contribution in [2.75, 3.05) is 5.32 Å². The van der Waals surface area contributed by atoms with Crippen LogP contribution >= 0.6 is 11.6 Å². The van der Waals surface area contributed by atoms with Gasteiger partial charge in [0.2, 0.25) is 5.91 Å². The summed E-state index contributed by atoms with van der Waals surface area (Å²) in [7, 11) is 0. The van der Waals surface area contributed by atoms with Crippen LogP contribution in [0.4, 0.5) is 18.9 Å². The Bertz CT molecular complexity index is 948. The van der Waals surface area contributed by atoms with Gasteiger partial charge in [0.05, 0.1) is 5.70 Å². The SMILES string of the molecule is Cc1nc(C(F)(F)F)cn1[C@@H](C)C(=O)N/C(C=N)=C(/Nc1ccc(Cl)cc1)C(C)C. The third-order valence-electron chi connectivity index (χ3n) is 4.40. The van der Waals surface area contributed by atoms with Crippen molar-refractivity contribution in [3.63, 3.8) is 0 Å². The molecule has 0 saturated heterocycles. The molecular weight excluding hydrogens is 419 g/mol. The number of rotatable bonds is 7. The lowest BCUT2D eigenvalue weighted by Crippen LogP contribution is -2.33. The average molecular weight is 442 g/mol. The summed E-state index contributed by atoms with van der Waals surface area (Å²) in [6.45, 7) is 6.63. The molecule has 0 aliphatic rings. The molecule has 1 atom stereocenters. The number of amides is 1. The average Bonchev–Trinajstić information content (AvgIpc) is 3.07. The van der Waals surface area contributed by atoms with Gasteiger partial charge in [-0.15, -0.1) is 0 Å². The Hall–Kier alpha value is -2.81. The lowest BCUT2D eigenvalue weighted by molar-refractivity contribution is -0.141. The number of hydrogen-bond acceptors (Lipinski definition) is 4. The van der Waals surface area contributed by atoms with E-state index in [-0.39, 0.29) is 17.4 Å². The zero-order valence-electron chi connectivity index (χ0n) is 16.9. The van der Waals surface area contributed by atoms with E-state index in [9.17, 15) is 18.0 Å². The van der Waals surface area contributed by atoms with Gasteiger partial charge in [-0.3, -0.25) is 4.79 Å². The van der Waals surface area contributed by atoms with Crippen molar-refractivity contribution in [1.82, 2.24) is 14.9 Å². The van der Waals surface area contributed by atoms with Crippen LogP contribution in [-0.4, -0.2) is 21.7 Å². The Labute approximate surface area is 177 Å². The largest absolute Gasteiger partial charge is 0.434 e. The van der Waals surface area contributed by atoms with Crippen LogP contribution in [0.15, 0.2) is 41.9 Å². The van der Waals surface area contributed by atoms with E-state index in [0.717, 1.165) is 17.0 Å². The first kappa shape index (κ1) is 23.5. The van der Waals surface area contributed by atoms with Crippen LogP contribution in [0.1, 0.15) is 38.3 Å². The van der Waals surface area contributed by atoms with E-state index in [2.05, 4.69) is 15.6 Å². The number of benzene rings is 1. The molecule has 10 heteroatoms. The lowest BCUT2D eigenvalue weighted by atomic mass is 10.1. The highest BCUT2D eigenvalue weighted by Crippen LogP contribution is 2.29. The topological polar surface area (TPSA) is 82.8 Å². The summed E-state index contributed by atoms with van der Waals surface area (Å²) < 4.78 is 39.9. The van der Waals surface area contributed by atoms with E-state index in [1.165, 1.54) is 13.8 Å². The summed E-state index contributed by atoms with van der Waals surface area (Å²) in [5, 5.41) is 14.1. The maximum Gasteiger partial charge on any atom is 0.434 e. The van der Waals surface area contributed by atoms with E-state index < -0.39 is 23.8 Å². The Morgan fingerprint density at radius 2 is 1.83 bits per heavy atom. The summed E-state index contributed by atoms with van der Waals surface area (Å²) >= 11 is 5.89. The van der Waals surface area contributed by atoms with Crippen LogP contribution in [0.5, 0.6) is 0 Å². The second-order valence-corrected chi connectivity index (χ2v) is 7.44. The van der Waals surface area contributed by atoms with Crippen LogP contribution in [0.2, 0.25) is 5.02 Å². The third-order valence-corrected chi connectivity index (χ3v) is 4.65. The van der Waals surface area contributed by atoms with E-state index in [1.54, 1.807) is 24.3 Å². The fourth-order valence-corrected chi connectivity index (χ4v) is 2.90. The Kier molecular flexibility index (Phi) is 7.30. The molecule has 1 amide bonds. The second-order valence-electron chi connectivity index (χ2n) is 7.00. The van der Waals surface area contributed by atoms with Gasteiger partial charge in [-0.1, -0.05) is 25.4 Å². The quantitative estimate of drug-likeness (QED) is 0.518. The number of aromatic nitrogens is 2. The van der Waals surface area contributed by atoms with Crippen molar-refractivity contribution in [3.8, 4) is 0 Å². The summed E-state index contributed by atoms with van der Waals surface area (Å²) in [6, 6.07) is 5.95. The molecule has 0 aliphatic heterocycles. The highest BCUT2D eigenvalue weighted by Gasteiger charge is 2.35. The number of aryl methyl sites for hydroxylation is 1. The molecule has 0 radical (unpaired) electrons. The predicted octanol–water partition coefficient (Wildman–Crippen LogP) is 5.17. The number of imidazole rings is 1. The Balaban J connectivity index is 2.29. The van der Waals surface area contributed by atoms with Gasteiger partial charge in [-0.05, 0) is 44.0 Å². The number of anilines is 1. The van der Waals surface area contributed by atoms with Crippen LogP contribution in [0.25, 0.3) is 0 Å². The van der Waals surface area contributed by atoms with Crippen LogP contribution < -0.4 is 10.6 Å². The number of allylic oxidation sites excluding steroid dienone is 2. The summed E-state index contributed by atoms with van der Waals surface area (Å²) in [5.41, 5.74) is 0.441. The van der Waals surface area contributed by atoms with Crippen molar-refractivity contribution in [2.45, 2.75) is 39.9 Å². The number of nitrogens with zero attached hydrogens (tertiary/aromatic N) is 2. The highest BCUT2D eigenvalue weighted by molar-refractivity contribution is 6.30. The van der Waals surface area contributed by atoms with Crippen molar-refractivity contribution >= 4 is 29.4 Å². The molecule has 1 aromatic heterocycles. The molecule has 2 aromatic rings. The molecule has 2 rings (SSSR count). The van der Waals surface area contributed by atoms with Gasteiger partial charge < -0.3 is 20.6 Å². The first-order valence-electron chi connectivity index (χ1n) is 9.14. The van der Waals surface area contributed by atoms with E-state index in [0.29, 0.717) is 16.4 Å². The number of carbonyl (C=O) groups is 1. The van der Waals surface area contributed by atoms with Gasteiger partial charge in [-0.25, -0.2) is 4.98 Å². The Morgan fingerprint density at radius 1 is 1.23 bits per heavy atom. The molecule has 6 nitrogen and oxygen atoms in total. The zero-order valence-corrected chi connectivity index (χ0v) is 17.7. The van der Waals surface area contributed by atoms with Crippen LogP contribution in [0.3, 0.4) is 0 Å². The molecular formula is C20H23ClF3N5O. The van der Waals surface area contributed by atoms with Crippen LogP contribution in [0, 0.1) is 18.3 Å². The summed E-state index contributed by atoms with van der Waals surface area (Å²) in [6.07, 6.45) is -2.80. The minimum Gasteiger partial charge on any atom is -0.357 e. The lowest BCUT2D eigenvalue weighted by Gasteiger charge is -2.21. The maximum atomic E-state index is 12.9. The normalized spacial score (nSPS) is 13.6. The van der Waals surface area contributed by atoms with E-state index in [4.69, 9.17) is 17.0 Å². The maximum absolute atomic E-state index is 12.9. The van der Waals surface area contributed by atoms with Gasteiger partial charge in [-0.2, -0.15) is 13.2 Å². The van der Waals surface area contributed by atoms with Crippen LogP contribution in [-0.2, 0) is 11.0 Å². The minimum atomic E-state index is -4.60. The number of halogens is 4. The standard InChI is InChI=1S/C20H23ClF3N5O/c1-11(2)18(27-15-7-5-14(21)6-8-15)16(9-25)28-19(30)12(3)29-10-17(20(22,23)24)26-13(29)4/h5-12,25,27H,1-4H3,(H,28,30)/b18-16+,25-9?/t12-/m0/s1. The fraction of sp³-hybridized carbons (Fsp3) is 0.350. The number of hydrogen-bond donors (Lipinski definition) is 3. The fourth-order valence-electron chi connectivity index (χ4n) is 2.77. The zero-order chi connectivity index (χ0) is 22.6. The van der Waals surface area contributed by atoms with Gasteiger partial charge in [0.1, 0.15) is 11.9 Å². The number of carbonyl (C=O) groups excluding carboxylic acids is 1. The molecule has 162 valence electrons. The smallest absolute Gasteiger partial charge is 0.357 e. The first-order valence-corrected chi connectivity index (χ1v) is 9.52. The highest BCUT2D eigenvalue weighted by atomic mass is 35.5. The number of alkyl halides is 3. The van der Waals surface area contributed by atoms with Crippen molar-refractivity contribution in [3.05, 3.63) is 58.4 Å². The molecule has 0 unspecified atom stereocenters. The van der Waals surface area contributed by atoms with Gasteiger partial charge in [0.25, 0.3) is 0 Å². The van der Waals surface area contributed by atoms with Gasteiger partial charge in [0, 0.05) is 28.8 Å². The van der Waals surface area contributed by atoms with Crippen molar-refractivity contribution < 1.29 is 18.0 Å². The number of nitrogens with one attached hydrogen (secondary N) is 3. The van der Waals surface area contributed by atoms with Crippen molar-refractivity contribution in [1.29, 1.82) is 5.41 Å². The van der Waals surface area contributed by atoms with E-state index in [1.807, 2.05) is 13.8 Å². The molecule has 0 spiro atoms. The monoisotopic (exact) mass is 441 g/mol. The Morgan fingerprint density at radius 3 is 2.30 bits per heavy atom. The minimum absolute atomic E-state index is 0.0636. The predicted molar refractivity (Wildman–Crippen MR) is 111 cm³/mol. The molecule has 30 heavy (non-hydrogen) atoms. The van der Waals surface area contributed by atoms with Gasteiger partial charge >= 0.3 is 6.18 Å². The third kappa shape index (κ3) is 5.63. The van der Waals surface area contributed by atoms with Gasteiger partial charge in [0.15, 0.2) is 5.69 Å². The second kappa shape index (κ2) is 9.34. The summed E-state index contributed by atoms with van der Waals surface area (Å²) in [5.74, 6) is -0.591. The first-order chi connectivity index (χ1) is 13.9. The van der Waals surface area contributed by atoms with Crippen molar-refractivity contribution in [2.24, 2.45) is 5.92 Å².